The summed E-state index contributed by atoms with van der Waals surface area (Å²) in [5.41, 5.74) is 9.46. The molecule has 2 aliphatic heterocycles. The summed E-state index contributed by atoms with van der Waals surface area (Å²) in [6.45, 7) is 9.02. The highest BCUT2D eigenvalue weighted by atomic mass is 16.2. The summed E-state index contributed by atoms with van der Waals surface area (Å²) in [7, 11) is 0. The number of carbonyl (C=O) groups excluding carboxylic acids is 1. The lowest BCUT2D eigenvalue weighted by molar-refractivity contribution is -0.133. The fourth-order valence-corrected chi connectivity index (χ4v) is 4.76. The van der Waals surface area contributed by atoms with Crippen molar-refractivity contribution < 1.29 is 4.79 Å². The van der Waals surface area contributed by atoms with Crippen LogP contribution in [-0.2, 0) is 24.4 Å². The van der Waals surface area contributed by atoms with E-state index in [0.717, 1.165) is 70.8 Å². The molecule has 0 aromatic heterocycles. The molecular weight excluding hydrogens is 398 g/mol. The molecule has 6 heteroatoms. The summed E-state index contributed by atoms with van der Waals surface area (Å²) in [5.74, 6) is 0.101. The normalized spacial score (nSPS) is 19.5. The van der Waals surface area contributed by atoms with Crippen molar-refractivity contribution in [2.45, 2.75) is 32.5 Å². The zero-order valence-electron chi connectivity index (χ0n) is 19.1. The third kappa shape index (κ3) is 5.95. The van der Waals surface area contributed by atoms with E-state index in [1.165, 1.54) is 11.1 Å². The van der Waals surface area contributed by atoms with Gasteiger partial charge in [-0.25, -0.2) is 0 Å². The molecule has 0 bridgehead atoms. The van der Waals surface area contributed by atoms with Crippen molar-refractivity contribution in [3.63, 3.8) is 0 Å². The lowest BCUT2D eigenvalue weighted by Gasteiger charge is -2.40. The van der Waals surface area contributed by atoms with E-state index in [1.807, 2.05) is 6.07 Å². The number of hydrogen-bond acceptors (Lipinski definition) is 5. The Morgan fingerprint density at radius 3 is 2.03 bits per heavy atom. The third-order valence-corrected chi connectivity index (χ3v) is 7.03. The number of benzene rings is 2. The first-order valence-corrected chi connectivity index (χ1v) is 11.9. The highest BCUT2D eigenvalue weighted by Crippen LogP contribution is 2.31. The van der Waals surface area contributed by atoms with Crippen molar-refractivity contribution in [2.75, 3.05) is 45.8 Å². The second-order valence-corrected chi connectivity index (χ2v) is 9.27. The minimum Gasteiger partial charge on any atom is -0.352 e. The first-order valence-electron chi connectivity index (χ1n) is 11.9. The number of nitrogens with two attached hydrogens (primary N) is 1. The van der Waals surface area contributed by atoms with Crippen molar-refractivity contribution in [1.82, 2.24) is 20.4 Å². The quantitative estimate of drug-likeness (QED) is 0.591. The van der Waals surface area contributed by atoms with E-state index in [1.54, 1.807) is 0 Å². The summed E-state index contributed by atoms with van der Waals surface area (Å²) in [6, 6.07) is 19.2. The van der Waals surface area contributed by atoms with Crippen molar-refractivity contribution in [2.24, 2.45) is 11.1 Å². The van der Waals surface area contributed by atoms with E-state index in [-0.39, 0.29) is 5.91 Å². The third-order valence-electron chi connectivity index (χ3n) is 7.03. The van der Waals surface area contributed by atoms with Crippen molar-refractivity contribution in [1.29, 1.82) is 0 Å². The minimum atomic E-state index is -0.449. The largest absolute Gasteiger partial charge is 0.352 e. The van der Waals surface area contributed by atoms with Gasteiger partial charge in [-0.3, -0.25) is 14.6 Å². The molecule has 0 spiro atoms. The van der Waals surface area contributed by atoms with Crippen molar-refractivity contribution in [3.8, 4) is 0 Å². The van der Waals surface area contributed by atoms with Crippen LogP contribution in [0.2, 0.25) is 0 Å². The lowest BCUT2D eigenvalue weighted by atomic mass is 9.77. The Kier molecular flexibility index (Phi) is 7.92. The van der Waals surface area contributed by atoms with Gasteiger partial charge in [0.1, 0.15) is 0 Å². The maximum absolute atomic E-state index is 13.1. The van der Waals surface area contributed by atoms with Gasteiger partial charge in [0.25, 0.3) is 0 Å². The zero-order valence-corrected chi connectivity index (χ0v) is 19.1. The molecule has 1 amide bonds. The van der Waals surface area contributed by atoms with Crippen LogP contribution in [0, 0.1) is 5.41 Å². The molecule has 2 aromatic rings. The van der Waals surface area contributed by atoms with Crippen LogP contribution in [0.25, 0.3) is 0 Å². The lowest BCUT2D eigenvalue weighted by Crippen LogP contribution is -2.52. The number of piperazine rings is 1. The predicted octanol–water partition coefficient (Wildman–Crippen LogP) is 1.95. The monoisotopic (exact) mass is 435 g/mol. The van der Waals surface area contributed by atoms with Gasteiger partial charge in [0.05, 0.1) is 5.41 Å². The highest BCUT2D eigenvalue weighted by molar-refractivity contribution is 5.83. The van der Waals surface area contributed by atoms with Gasteiger partial charge in [-0.15, -0.1) is 0 Å². The first-order chi connectivity index (χ1) is 15.7. The minimum absolute atomic E-state index is 0.101. The zero-order chi connectivity index (χ0) is 22.2. The van der Waals surface area contributed by atoms with E-state index in [9.17, 15) is 4.79 Å². The predicted molar refractivity (Wildman–Crippen MR) is 129 cm³/mol. The molecule has 2 heterocycles. The van der Waals surface area contributed by atoms with Crippen LogP contribution in [-0.4, -0.2) is 61.5 Å². The Morgan fingerprint density at radius 1 is 0.844 bits per heavy atom. The average Bonchev–Trinajstić information content (AvgIpc) is 2.85. The van der Waals surface area contributed by atoms with Crippen LogP contribution in [0.5, 0.6) is 0 Å². The van der Waals surface area contributed by atoms with Crippen LogP contribution in [0.15, 0.2) is 54.6 Å². The molecule has 0 radical (unpaired) electrons. The van der Waals surface area contributed by atoms with Crippen LogP contribution in [0.3, 0.4) is 0 Å². The standard InChI is InChI=1S/C26H37N5O/c27-21-26(10-14-30(15-11-26)19-23-4-2-1-3-5-23)25(32)29-18-22-6-8-24(9-7-22)20-31-16-12-28-13-17-31/h1-9,28H,10-21,27H2,(H,29,32). The molecule has 0 unspecified atom stereocenters. The molecule has 2 fully saturated rings. The van der Waals surface area contributed by atoms with Crippen LogP contribution in [0.1, 0.15) is 29.5 Å². The van der Waals surface area contributed by atoms with Gasteiger partial charge in [0.2, 0.25) is 5.91 Å². The van der Waals surface area contributed by atoms with Crippen LogP contribution >= 0.6 is 0 Å². The Hall–Kier alpha value is -2.25. The van der Waals surface area contributed by atoms with E-state index in [0.29, 0.717) is 13.1 Å². The number of rotatable bonds is 8. The summed E-state index contributed by atoms with van der Waals surface area (Å²) in [4.78, 5) is 18.0. The van der Waals surface area contributed by atoms with E-state index >= 15 is 0 Å². The van der Waals surface area contributed by atoms with Gasteiger partial charge in [-0.1, -0.05) is 54.6 Å². The van der Waals surface area contributed by atoms with Crippen molar-refractivity contribution >= 4 is 5.91 Å². The molecule has 2 saturated heterocycles. The topological polar surface area (TPSA) is 73.6 Å². The smallest absolute Gasteiger partial charge is 0.227 e. The Bertz CT molecular complexity index is 840. The second-order valence-electron chi connectivity index (χ2n) is 9.27. The molecule has 32 heavy (non-hydrogen) atoms. The molecule has 6 nitrogen and oxygen atoms in total. The first kappa shape index (κ1) is 22.9. The van der Waals surface area contributed by atoms with Gasteiger partial charge in [-0.05, 0) is 42.6 Å². The number of hydrogen-bond donors (Lipinski definition) is 3. The van der Waals surface area contributed by atoms with Crippen LogP contribution in [0.4, 0.5) is 0 Å². The molecule has 4 rings (SSSR count). The SMILES string of the molecule is NCC1(C(=O)NCc2ccc(CN3CCNCC3)cc2)CCN(Cc2ccccc2)CC1. The fraction of sp³-hybridized carbons (Fsp3) is 0.500. The summed E-state index contributed by atoms with van der Waals surface area (Å²) in [6.07, 6.45) is 1.62. The van der Waals surface area contributed by atoms with E-state index < -0.39 is 5.41 Å². The number of nitrogens with one attached hydrogen (secondary N) is 2. The Morgan fingerprint density at radius 2 is 1.41 bits per heavy atom. The van der Waals surface area contributed by atoms with E-state index in [4.69, 9.17) is 5.73 Å². The molecule has 0 atom stereocenters. The molecule has 4 N–H and O–H groups in total. The van der Waals surface area contributed by atoms with Gasteiger partial charge < -0.3 is 16.4 Å². The van der Waals surface area contributed by atoms with Gasteiger partial charge >= 0.3 is 0 Å². The number of amides is 1. The summed E-state index contributed by atoms with van der Waals surface area (Å²) in [5, 5.41) is 6.56. The number of carbonyl (C=O) groups is 1. The van der Waals surface area contributed by atoms with Crippen molar-refractivity contribution in [3.05, 3.63) is 71.3 Å². The fourth-order valence-electron chi connectivity index (χ4n) is 4.76. The summed E-state index contributed by atoms with van der Waals surface area (Å²) >= 11 is 0. The highest BCUT2D eigenvalue weighted by Gasteiger charge is 2.40. The maximum atomic E-state index is 13.1. The number of piperidine rings is 1. The Balaban J connectivity index is 1.25. The maximum Gasteiger partial charge on any atom is 0.227 e. The van der Waals surface area contributed by atoms with Gasteiger partial charge in [0.15, 0.2) is 0 Å². The number of likely N-dealkylation sites (tertiary alicyclic amines) is 1. The summed E-state index contributed by atoms with van der Waals surface area (Å²) < 4.78 is 0. The second kappa shape index (κ2) is 11.1. The average molecular weight is 436 g/mol. The molecule has 2 aliphatic rings. The van der Waals surface area contributed by atoms with Gasteiger partial charge in [-0.2, -0.15) is 0 Å². The van der Waals surface area contributed by atoms with E-state index in [2.05, 4.69) is 69.0 Å². The molecule has 0 saturated carbocycles. The van der Waals surface area contributed by atoms with Gasteiger partial charge in [0, 0.05) is 52.4 Å². The molecule has 0 aliphatic carbocycles. The molecule has 2 aromatic carbocycles. The molecular formula is C26H37N5O. The number of nitrogens with zero attached hydrogens (tertiary/aromatic N) is 2. The molecule has 172 valence electrons. The Labute approximate surface area is 192 Å². The van der Waals surface area contributed by atoms with Crippen LogP contribution < -0.4 is 16.4 Å².